The average Bonchev–Trinajstić information content (AvgIpc) is 3.10. The van der Waals surface area contributed by atoms with Gasteiger partial charge in [-0.2, -0.15) is 0 Å². The second kappa shape index (κ2) is 5.80. The van der Waals surface area contributed by atoms with E-state index in [1.54, 1.807) is 0 Å². The fourth-order valence-corrected chi connectivity index (χ4v) is 2.80. The van der Waals surface area contributed by atoms with Gasteiger partial charge in [0.25, 0.3) is 5.56 Å². The summed E-state index contributed by atoms with van der Waals surface area (Å²) in [7, 11) is 1.52. The Kier molecular flexibility index (Phi) is 3.82. The van der Waals surface area contributed by atoms with Crippen LogP contribution in [0.2, 0.25) is 0 Å². The van der Waals surface area contributed by atoms with E-state index < -0.39 is 11.2 Å². The molecule has 3 heterocycles. The van der Waals surface area contributed by atoms with Crippen LogP contribution in [0, 0.1) is 6.92 Å². The maximum absolute atomic E-state index is 11.9. The molecule has 0 aliphatic heterocycles. The zero-order valence-corrected chi connectivity index (χ0v) is 13.3. The van der Waals surface area contributed by atoms with Crippen LogP contribution in [0.25, 0.3) is 11.2 Å². The van der Waals surface area contributed by atoms with Gasteiger partial charge in [0, 0.05) is 25.3 Å². The van der Waals surface area contributed by atoms with Crippen molar-refractivity contribution in [2.45, 2.75) is 19.8 Å². The molecule has 0 aliphatic carbocycles. The fourth-order valence-electron chi connectivity index (χ4n) is 2.10. The molecule has 0 spiro atoms. The minimum absolute atomic E-state index is 0.185. The van der Waals surface area contributed by atoms with Gasteiger partial charge in [-0.05, 0) is 6.92 Å². The van der Waals surface area contributed by atoms with E-state index in [1.807, 2.05) is 12.3 Å². The molecule has 120 valence electrons. The van der Waals surface area contributed by atoms with Gasteiger partial charge in [-0.3, -0.25) is 19.1 Å². The molecule has 0 saturated heterocycles. The lowest BCUT2D eigenvalue weighted by Crippen LogP contribution is -2.28. The van der Waals surface area contributed by atoms with Crippen molar-refractivity contribution < 1.29 is 4.79 Å². The molecule has 9 nitrogen and oxygen atoms in total. The number of rotatable bonds is 4. The molecule has 0 saturated carbocycles. The second-order valence-electron chi connectivity index (χ2n) is 5.04. The maximum atomic E-state index is 11.9. The van der Waals surface area contributed by atoms with E-state index in [1.165, 1.54) is 23.0 Å². The van der Waals surface area contributed by atoms with E-state index in [9.17, 15) is 14.4 Å². The molecule has 0 atom stereocenters. The highest BCUT2D eigenvalue weighted by molar-refractivity contribution is 7.13. The minimum Gasteiger partial charge on any atom is -0.336 e. The number of aryl methyl sites for hydroxylation is 3. The number of carbonyl (C=O) groups is 1. The lowest BCUT2D eigenvalue weighted by molar-refractivity contribution is -0.116. The first-order valence-electron chi connectivity index (χ1n) is 6.84. The third-order valence-electron chi connectivity index (χ3n) is 3.26. The van der Waals surface area contributed by atoms with Crippen LogP contribution in [0.5, 0.6) is 0 Å². The molecule has 23 heavy (non-hydrogen) atoms. The number of amides is 1. The van der Waals surface area contributed by atoms with Crippen LogP contribution in [-0.4, -0.2) is 30.4 Å². The Bertz CT molecular complexity index is 995. The summed E-state index contributed by atoms with van der Waals surface area (Å²) in [5.74, 6) is 0.278. The summed E-state index contributed by atoms with van der Waals surface area (Å²) in [5.41, 5.74) is 0.285. The quantitative estimate of drug-likeness (QED) is 0.632. The van der Waals surface area contributed by atoms with Gasteiger partial charge in [0.1, 0.15) is 11.3 Å². The topological polar surface area (TPSA) is 126 Å². The van der Waals surface area contributed by atoms with Crippen molar-refractivity contribution in [2.24, 2.45) is 7.05 Å². The van der Waals surface area contributed by atoms with Crippen molar-refractivity contribution in [3.63, 3.8) is 0 Å². The number of anilines is 1. The number of hydrogen-bond acceptors (Lipinski definition) is 6. The molecule has 0 radical (unpaired) electrons. The van der Waals surface area contributed by atoms with Crippen molar-refractivity contribution in [1.29, 1.82) is 0 Å². The van der Waals surface area contributed by atoms with E-state index >= 15 is 0 Å². The third-order valence-corrected chi connectivity index (χ3v) is 4.13. The average molecular weight is 334 g/mol. The zero-order chi connectivity index (χ0) is 16.6. The first-order chi connectivity index (χ1) is 10.9. The van der Waals surface area contributed by atoms with Crippen molar-refractivity contribution in [1.82, 2.24) is 24.5 Å². The Hall–Kier alpha value is -2.75. The van der Waals surface area contributed by atoms with Gasteiger partial charge in [0.15, 0.2) is 10.8 Å². The van der Waals surface area contributed by atoms with E-state index in [4.69, 9.17) is 0 Å². The molecular formula is C13H14N6O3S. The zero-order valence-electron chi connectivity index (χ0n) is 12.5. The number of hydrogen-bond donors (Lipinski definition) is 3. The van der Waals surface area contributed by atoms with Gasteiger partial charge in [-0.25, -0.2) is 14.8 Å². The summed E-state index contributed by atoms with van der Waals surface area (Å²) in [5, 5.41) is 5.10. The van der Waals surface area contributed by atoms with Crippen molar-refractivity contribution in [3.05, 3.63) is 37.7 Å². The Balaban J connectivity index is 1.73. The van der Waals surface area contributed by atoms with E-state index in [2.05, 4.69) is 25.3 Å². The number of imidazole rings is 1. The van der Waals surface area contributed by atoms with Crippen LogP contribution in [0.15, 0.2) is 15.0 Å². The lowest BCUT2D eigenvalue weighted by Gasteiger charge is -1.99. The van der Waals surface area contributed by atoms with Crippen molar-refractivity contribution in [2.75, 3.05) is 5.32 Å². The molecule has 1 amide bonds. The van der Waals surface area contributed by atoms with E-state index in [0.717, 1.165) is 5.69 Å². The van der Waals surface area contributed by atoms with Crippen LogP contribution < -0.4 is 16.6 Å². The van der Waals surface area contributed by atoms with Crippen LogP contribution in [-0.2, 0) is 18.3 Å². The van der Waals surface area contributed by atoms with E-state index in [-0.39, 0.29) is 23.5 Å². The SMILES string of the molecule is Cc1csc(NC(=O)CCc2nc3c([nH]2)c(=O)[nH]c(=O)n3C)n1. The molecule has 0 unspecified atom stereocenters. The number of H-pyrrole nitrogens is 2. The summed E-state index contributed by atoms with van der Waals surface area (Å²) < 4.78 is 1.25. The van der Waals surface area contributed by atoms with Crippen molar-refractivity contribution >= 4 is 33.5 Å². The van der Waals surface area contributed by atoms with Gasteiger partial charge in [-0.1, -0.05) is 0 Å². The number of thiazole rings is 1. The summed E-state index contributed by atoms with van der Waals surface area (Å²) in [6.45, 7) is 1.85. The molecule has 0 bridgehead atoms. The summed E-state index contributed by atoms with van der Waals surface area (Å²) in [4.78, 5) is 48.5. The Morgan fingerprint density at radius 2 is 2.13 bits per heavy atom. The molecule has 3 aromatic heterocycles. The number of aromatic nitrogens is 5. The highest BCUT2D eigenvalue weighted by atomic mass is 32.1. The Morgan fingerprint density at radius 3 is 2.83 bits per heavy atom. The number of fused-ring (bicyclic) bond motifs is 1. The Morgan fingerprint density at radius 1 is 1.35 bits per heavy atom. The standard InChI is InChI=1S/C13H14N6O3S/c1-6-5-23-12(14-6)17-8(20)4-3-7-15-9-10(16-7)19(2)13(22)18-11(9)21/h5H,3-4H2,1-2H3,(H,15,16)(H,14,17,20)(H,18,21,22). The summed E-state index contributed by atoms with van der Waals surface area (Å²) in [6.07, 6.45) is 0.503. The predicted molar refractivity (Wildman–Crippen MR) is 85.8 cm³/mol. The number of nitrogens with zero attached hydrogens (tertiary/aromatic N) is 3. The van der Waals surface area contributed by atoms with Gasteiger partial charge in [-0.15, -0.1) is 11.3 Å². The van der Waals surface area contributed by atoms with Gasteiger partial charge in [0.2, 0.25) is 5.91 Å². The van der Waals surface area contributed by atoms with Crippen LogP contribution in [0.1, 0.15) is 17.9 Å². The smallest absolute Gasteiger partial charge is 0.329 e. The predicted octanol–water partition coefficient (Wildman–Crippen LogP) is 0.286. The second-order valence-corrected chi connectivity index (χ2v) is 5.90. The maximum Gasteiger partial charge on any atom is 0.329 e. The molecule has 3 rings (SSSR count). The molecule has 0 fully saturated rings. The van der Waals surface area contributed by atoms with Crippen LogP contribution in [0.4, 0.5) is 5.13 Å². The summed E-state index contributed by atoms with van der Waals surface area (Å²) in [6, 6.07) is 0. The highest BCUT2D eigenvalue weighted by Gasteiger charge is 2.12. The van der Waals surface area contributed by atoms with E-state index in [0.29, 0.717) is 17.4 Å². The van der Waals surface area contributed by atoms with Gasteiger partial charge in [0.05, 0.1) is 5.69 Å². The molecule has 3 aromatic rings. The number of nitrogens with one attached hydrogen (secondary N) is 3. The fraction of sp³-hybridized carbons (Fsp3) is 0.308. The van der Waals surface area contributed by atoms with Crippen LogP contribution in [0.3, 0.4) is 0 Å². The molecule has 10 heteroatoms. The molecular weight excluding hydrogens is 320 g/mol. The monoisotopic (exact) mass is 334 g/mol. The van der Waals surface area contributed by atoms with Crippen molar-refractivity contribution in [3.8, 4) is 0 Å². The third kappa shape index (κ3) is 3.06. The number of aromatic amines is 2. The normalized spacial score (nSPS) is 11.0. The molecule has 0 aromatic carbocycles. The van der Waals surface area contributed by atoms with Gasteiger partial charge >= 0.3 is 5.69 Å². The minimum atomic E-state index is -0.530. The summed E-state index contributed by atoms with van der Waals surface area (Å²) >= 11 is 1.36. The Labute approximate surface area is 133 Å². The van der Waals surface area contributed by atoms with Crippen LogP contribution >= 0.6 is 11.3 Å². The molecule has 3 N–H and O–H groups in total. The highest BCUT2D eigenvalue weighted by Crippen LogP contribution is 2.15. The van der Waals surface area contributed by atoms with Gasteiger partial charge < -0.3 is 10.3 Å². The first-order valence-corrected chi connectivity index (χ1v) is 7.72. The number of carbonyl (C=O) groups excluding carboxylic acids is 1. The molecule has 0 aliphatic rings. The largest absolute Gasteiger partial charge is 0.336 e. The lowest BCUT2D eigenvalue weighted by atomic mass is 10.3. The first kappa shape index (κ1) is 15.2.